The van der Waals surface area contributed by atoms with Gasteiger partial charge in [-0.25, -0.2) is 4.39 Å². The van der Waals surface area contributed by atoms with Crippen LogP contribution in [0.1, 0.15) is 35.2 Å². The number of benzene rings is 1. The lowest BCUT2D eigenvalue weighted by molar-refractivity contribution is 0.0938. The number of carbonyl (C=O) groups excluding carboxylic acids is 1. The SMILES string of the molecule is NCC#Cc1ccc(F)cc1C(=O)NCC1CCC1. The zero-order valence-electron chi connectivity index (χ0n) is 10.7. The van der Waals surface area contributed by atoms with E-state index in [1.807, 2.05) is 0 Å². The van der Waals surface area contributed by atoms with Crippen LogP contribution in [0.25, 0.3) is 0 Å². The number of halogens is 1. The number of nitrogens with one attached hydrogen (secondary N) is 1. The summed E-state index contributed by atoms with van der Waals surface area (Å²) in [6, 6.07) is 4.02. The molecule has 0 atom stereocenters. The summed E-state index contributed by atoms with van der Waals surface area (Å²) in [5.74, 6) is 5.33. The van der Waals surface area contributed by atoms with Crippen molar-refractivity contribution in [3.05, 3.63) is 35.1 Å². The van der Waals surface area contributed by atoms with Gasteiger partial charge in [0.05, 0.1) is 12.1 Å². The van der Waals surface area contributed by atoms with Gasteiger partial charge in [-0.05, 0) is 37.0 Å². The molecule has 0 aliphatic heterocycles. The average molecular weight is 260 g/mol. The van der Waals surface area contributed by atoms with Crippen LogP contribution in [0.4, 0.5) is 4.39 Å². The third-order valence-corrected chi connectivity index (χ3v) is 3.33. The Labute approximate surface area is 112 Å². The van der Waals surface area contributed by atoms with Crippen molar-refractivity contribution < 1.29 is 9.18 Å². The first-order valence-corrected chi connectivity index (χ1v) is 6.47. The molecule has 0 radical (unpaired) electrons. The minimum Gasteiger partial charge on any atom is -0.352 e. The monoisotopic (exact) mass is 260 g/mol. The van der Waals surface area contributed by atoms with Crippen molar-refractivity contribution in [3.63, 3.8) is 0 Å². The quantitative estimate of drug-likeness (QED) is 0.812. The summed E-state index contributed by atoms with van der Waals surface area (Å²) in [4.78, 5) is 12.0. The Morgan fingerprint density at radius 2 is 2.26 bits per heavy atom. The van der Waals surface area contributed by atoms with Crippen LogP contribution in [0.3, 0.4) is 0 Å². The summed E-state index contributed by atoms with van der Waals surface area (Å²) >= 11 is 0. The Bertz CT molecular complexity index is 527. The zero-order chi connectivity index (χ0) is 13.7. The van der Waals surface area contributed by atoms with Crippen molar-refractivity contribution in [1.29, 1.82) is 0 Å². The summed E-state index contributed by atoms with van der Waals surface area (Å²) in [6.07, 6.45) is 3.54. The van der Waals surface area contributed by atoms with Gasteiger partial charge in [-0.2, -0.15) is 0 Å². The van der Waals surface area contributed by atoms with E-state index in [2.05, 4.69) is 17.2 Å². The first kappa shape index (κ1) is 13.6. The third-order valence-electron chi connectivity index (χ3n) is 3.33. The Morgan fingerprint density at radius 3 is 2.89 bits per heavy atom. The fraction of sp³-hybridized carbons (Fsp3) is 0.400. The molecule has 1 amide bonds. The second-order valence-corrected chi connectivity index (χ2v) is 4.70. The minimum absolute atomic E-state index is 0.209. The van der Waals surface area contributed by atoms with Gasteiger partial charge in [-0.1, -0.05) is 18.3 Å². The van der Waals surface area contributed by atoms with E-state index in [0.29, 0.717) is 18.0 Å². The lowest BCUT2D eigenvalue weighted by Gasteiger charge is -2.25. The molecule has 3 nitrogen and oxygen atoms in total. The maximum atomic E-state index is 13.3. The second kappa shape index (κ2) is 6.35. The highest BCUT2D eigenvalue weighted by molar-refractivity contribution is 5.96. The Hall–Kier alpha value is -1.86. The number of amides is 1. The molecule has 0 unspecified atom stereocenters. The van der Waals surface area contributed by atoms with E-state index in [1.165, 1.54) is 24.6 Å². The maximum Gasteiger partial charge on any atom is 0.252 e. The molecule has 4 heteroatoms. The predicted octanol–water partition coefficient (Wildman–Crippen LogP) is 1.67. The number of nitrogens with two attached hydrogens (primary N) is 1. The molecular formula is C15H17FN2O. The maximum absolute atomic E-state index is 13.3. The van der Waals surface area contributed by atoms with E-state index in [4.69, 9.17) is 5.73 Å². The topological polar surface area (TPSA) is 55.1 Å². The van der Waals surface area contributed by atoms with Gasteiger partial charge >= 0.3 is 0 Å². The molecule has 1 saturated carbocycles. The Kier molecular flexibility index (Phi) is 4.53. The molecule has 19 heavy (non-hydrogen) atoms. The molecule has 0 heterocycles. The molecule has 0 aromatic heterocycles. The van der Waals surface area contributed by atoms with E-state index < -0.39 is 5.82 Å². The first-order chi connectivity index (χ1) is 9.20. The first-order valence-electron chi connectivity index (χ1n) is 6.47. The van der Waals surface area contributed by atoms with Gasteiger partial charge < -0.3 is 11.1 Å². The van der Waals surface area contributed by atoms with Crippen LogP contribution in [0, 0.1) is 23.6 Å². The molecule has 3 N–H and O–H groups in total. The molecular weight excluding hydrogens is 243 g/mol. The van der Waals surface area contributed by atoms with Crippen LogP contribution >= 0.6 is 0 Å². The zero-order valence-corrected chi connectivity index (χ0v) is 10.7. The van der Waals surface area contributed by atoms with E-state index in [1.54, 1.807) is 0 Å². The number of rotatable bonds is 3. The Morgan fingerprint density at radius 1 is 1.47 bits per heavy atom. The van der Waals surface area contributed by atoms with Crippen LogP contribution in [0.2, 0.25) is 0 Å². The van der Waals surface area contributed by atoms with E-state index in [9.17, 15) is 9.18 Å². The number of hydrogen-bond acceptors (Lipinski definition) is 2. The highest BCUT2D eigenvalue weighted by Gasteiger charge is 2.19. The molecule has 0 spiro atoms. The summed E-state index contributed by atoms with van der Waals surface area (Å²) in [6.45, 7) is 0.861. The summed E-state index contributed by atoms with van der Waals surface area (Å²) in [7, 11) is 0. The van der Waals surface area contributed by atoms with Crippen molar-refractivity contribution in [2.24, 2.45) is 11.7 Å². The molecule has 2 rings (SSSR count). The molecule has 100 valence electrons. The van der Waals surface area contributed by atoms with Crippen LogP contribution in [0.15, 0.2) is 18.2 Å². The highest BCUT2D eigenvalue weighted by Crippen LogP contribution is 2.25. The molecule has 1 aliphatic carbocycles. The molecule has 0 saturated heterocycles. The average Bonchev–Trinajstić information content (AvgIpc) is 2.35. The van der Waals surface area contributed by atoms with Gasteiger partial charge in [0.15, 0.2) is 0 Å². The highest BCUT2D eigenvalue weighted by atomic mass is 19.1. The van der Waals surface area contributed by atoms with E-state index in [-0.39, 0.29) is 18.0 Å². The minimum atomic E-state index is -0.438. The van der Waals surface area contributed by atoms with E-state index >= 15 is 0 Å². The molecule has 1 aromatic carbocycles. The lowest BCUT2D eigenvalue weighted by atomic mass is 9.85. The van der Waals surface area contributed by atoms with Gasteiger partial charge in [0.25, 0.3) is 5.91 Å². The van der Waals surface area contributed by atoms with Gasteiger partial charge in [0.1, 0.15) is 5.82 Å². The van der Waals surface area contributed by atoms with Crippen LogP contribution in [-0.2, 0) is 0 Å². The fourth-order valence-electron chi connectivity index (χ4n) is 1.99. The van der Waals surface area contributed by atoms with Gasteiger partial charge in [-0.15, -0.1) is 0 Å². The largest absolute Gasteiger partial charge is 0.352 e. The van der Waals surface area contributed by atoms with Crippen molar-refractivity contribution in [1.82, 2.24) is 5.32 Å². The van der Waals surface area contributed by atoms with Gasteiger partial charge in [-0.3, -0.25) is 4.79 Å². The van der Waals surface area contributed by atoms with Crippen molar-refractivity contribution in [2.75, 3.05) is 13.1 Å². The summed E-state index contributed by atoms with van der Waals surface area (Å²) in [5, 5.41) is 2.84. The second-order valence-electron chi connectivity index (χ2n) is 4.70. The number of carbonyl (C=O) groups is 1. The summed E-state index contributed by atoms with van der Waals surface area (Å²) in [5.41, 5.74) is 6.10. The smallest absolute Gasteiger partial charge is 0.252 e. The fourth-order valence-corrected chi connectivity index (χ4v) is 1.99. The van der Waals surface area contributed by atoms with Crippen LogP contribution in [0.5, 0.6) is 0 Å². The van der Waals surface area contributed by atoms with Crippen molar-refractivity contribution >= 4 is 5.91 Å². The van der Waals surface area contributed by atoms with E-state index in [0.717, 1.165) is 12.8 Å². The number of hydrogen-bond donors (Lipinski definition) is 2. The predicted molar refractivity (Wildman–Crippen MR) is 72.0 cm³/mol. The lowest BCUT2D eigenvalue weighted by Crippen LogP contribution is -2.32. The van der Waals surface area contributed by atoms with Gasteiger partial charge in [0, 0.05) is 12.1 Å². The third kappa shape index (κ3) is 3.55. The molecule has 1 fully saturated rings. The summed E-state index contributed by atoms with van der Waals surface area (Å²) < 4.78 is 13.3. The van der Waals surface area contributed by atoms with Crippen molar-refractivity contribution in [2.45, 2.75) is 19.3 Å². The molecule has 0 bridgehead atoms. The van der Waals surface area contributed by atoms with Crippen LogP contribution < -0.4 is 11.1 Å². The molecule has 1 aromatic rings. The van der Waals surface area contributed by atoms with Crippen molar-refractivity contribution in [3.8, 4) is 11.8 Å². The molecule has 1 aliphatic rings. The standard InChI is InChI=1S/C15H17FN2O/c16-13-7-6-12(5-2-8-17)14(9-13)15(19)18-10-11-3-1-4-11/h6-7,9,11H,1,3-4,8,10,17H2,(H,18,19). The normalized spacial score (nSPS) is 14.2. The Balaban J connectivity index is 2.11. The van der Waals surface area contributed by atoms with Gasteiger partial charge in [0.2, 0.25) is 0 Å². The van der Waals surface area contributed by atoms with Crippen LogP contribution in [-0.4, -0.2) is 19.0 Å².